The molecule has 0 bridgehead atoms. The van der Waals surface area contributed by atoms with E-state index in [4.69, 9.17) is 9.47 Å². The number of para-hydroxylation sites is 1. The summed E-state index contributed by atoms with van der Waals surface area (Å²) >= 11 is 0. The molecule has 2 heterocycles. The monoisotopic (exact) mass is 387 g/mol. The molecular weight excluding hydrogens is 362 g/mol. The fourth-order valence-corrected chi connectivity index (χ4v) is 3.56. The molecule has 0 aliphatic carbocycles. The number of fused-ring (bicyclic) bond motifs is 1. The number of nitrogens with zero attached hydrogens (tertiary/aromatic N) is 1. The molecule has 1 amide bonds. The number of likely N-dealkylation sites (tertiary alicyclic amines) is 1. The van der Waals surface area contributed by atoms with Crippen molar-refractivity contribution in [3.8, 4) is 0 Å². The molecule has 2 N–H and O–H groups in total. The number of carbonyl (C=O) groups excluding carboxylic acids is 3. The molecule has 1 aromatic heterocycles. The van der Waals surface area contributed by atoms with Crippen LogP contribution in [0.4, 0.5) is 5.69 Å². The van der Waals surface area contributed by atoms with Crippen molar-refractivity contribution in [2.24, 2.45) is 5.92 Å². The summed E-state index contributed by atoms with van der Waals surface area (Å²) in [5, 5.41) is 3.57. The minimum absolute atomic E-state index is 0.135. The van der Waals surface area contributed by atoms with Crippen LogP contribution < -0.4 is 5.32 Å². The zero-order valence-corrected chi connectivity index (χ0v) is 16.1. The van der Waals surface area contributed by atoms with E-state index >= 15 is 0 Å². The van der Waals surface area contributed by atoms with Gasteiger partial charge in [0.2, 0.25) is 5.91 Å². The smallest absolute Gasteiger partial charge is 0.356 e. The number of piperidine rings is 1. The number of carbonyl (C=O) groups is 3. The summed E-state index contributed by atoms with van der Waals surface area (Å²) in [5.74, 6) is -1.22. The Morgan fingerprint density at radius 1 is 1.29 bits per heavy atom. The number of methoxy groups -OCH3 is 1. The molecule has 0 spiro atoms. The first-order valence-electron chi connectivity index (χ1n) is 9.41. The van der Waals surface area contributed by atoms with Crippen molar-refractivity contribution in [2.75, 3.05) is 38.7 Å². The van der Waals surface area contributed by atoms with Crippen LogP contribution in [0.25, 0.3) is 10.9 Å². The summed E-state index contributed by atoms with van der Waals surface area (Å²) < 4.78 is 9.92. The molecule has 8 heteroatoms. The second-order valence-electron chi connectivity index (χ2n) is 6.79. The lowest BCUT2D eigenvalue weighted by Crippen LogP contribution is -2.43. The fourth-order valence-electron chi connectivity index (χ4n) is 3.56. The summed E-state index contributed by atoms with van der Waals surface area (Å²) in [7, 11) is 1.29. The van der Waals surface area contributed by atoms with Gasteiger partial charge in [-0.05, 0) is 32.4 Å². The Morgan fingerprint density at radius 3 is 2.82 bits per heavy atom. The van der Waals surface area contributed by atoms with Gasteiger partial charge >= 0.3 is 11.9 Å². The molecule has 1 aliphatic rings. The Balaban J connectivity index is 1.71. The van der Waals surface area contributed by atoms with E-state index in [1.807, 2.05) is 29.2 Å². The SMILES string of the molecule is CCOC(=O)[C@H]1CCCN(CC(=O)Nc2c(C(=O)OC)[nH]c3ccccc23)C1. The van der Waals surface area contributed by atoms with Crippen LogP contribution >= 0.6 is 0 Å². The molecule has 0 saturated carbocycles. The van der Waals surface area contributed by atoms with E-state index < -0.39 is 5.97 Å². The Kier molecular flexibility index (Phi) is 6.30. The average Bonchev–Trinajstić information content (AvgIpc) is 3.06. The molecular formula is C20H25N3O5. The standard InChI is InChI=1S/C20H25N3O5/c1-3-28-19(25)13-7-6-10-23(11-13)12-16(24)22-17-14-8-4-5-9-15(14)21-18(17)20(26)27-2/h4-5,8-9,13,21H,3,6-7,10-12H2,1-2H3,(H,22,24)/t13-/m0/s1. The van der Waals surface area contributed by atoms with Gasteiger partial charge in [0.15, 0.2) is 0 Å². The molecule has 1 atom stereocenters. The number of aromatic amines is 1. The van der Waals surface area contributed by atoms with Gasteiger partial charge in [-0.2, -0.15) is 0 Å². The molecule has 0 radical (unpaired) electrons. The van der Waals surface area contributed by atoms with Gasteiger partial charge in [-0.25, -0.2) is 4.79 Å². The maximum absolute atomic E-state index is 12.7. The van der Waals surface area contributed by atoms with Gasteiger partial charge < -0.3 is 19.8 Å². The van der Waals surface area contributed by atoms with E-state index in [0.29, 0.717) is 18.8 Å². The predicted octanol–water partition coefficient (Wildman–Crippen LogP) is 2.17. The first-order chi connectivity index (χ1) is 13.5. The molecule has 150 valence electrons. The Hall–Kier alpha value is -2.87. The Labute approximate surface area is 163 Å². The minimum Gasteiger partial charge on any atom is -0.466 e. The fraction of sp³-hybridized carbons (Fsp3) is 0.450. The third-order valence-electron chi connectivity index (χ3n) is 4.85. The highest BCUT2D eigenvalue weighted by Crippen LogP contribution is 2.28. The predicted molar refractivity (Wildman–Crippen MR) is 104 cm³/mol. The third-order valence-corrected chi connectivity index (χ3v) is 4.85. The quantitative estimate of drug-likeness (QED) is 0.737. The van der Waals surface area contributed by atoms with Gasteiger partial charge in [-0.1, -0.05) is 18.2 Å². The highest BCUT2D eigenvalue weighted by atomic mass is 16.5. The van der Waals surface area contributed by atoms with Crippen LogP contribution in [0.5, 0.6) is 0 Å². The number of hydrogen-bond donors (Lipinski definition) is 2. The summed E-state index contributed by atoms with van der Waals surface area (Å²) in [4.78, 5) is 41.7. The van der Waals surface area contributed by atoms with Crippen LogP contribution in [0.1, 0.15) is 30.3 Å². The van der Waals surface area contributed by atoms with Crippen molar-refractivity contribution in [2.45, 2.75) is 19.8 Å². The summed E-state index contributed by atoms with van der Waals surface area (Å²) in [6.45, 7) is 3.50. The molecule has 1 aromatic carbocycles. The molecule has 28 heavy (non-hydrogen) atoms. The summed E-state index contributed by atoms with van der Waals surface area (Å²) in [6.07, 6.45) is 1.60. The molecule has 3 rings (SSSR count). The van der Waals surface area contributed by atoms with Gasteiger partial charge in [-0.15, -0.1) is 0 Å². The highest BCUT2D eigenvalue weighted by molar-refractivity contribution is 6.11. The molecule has 2 aromatic rings. The second-order valence-corrected chi connectivity index (χ2v) is 6.79. The van der Waals surface area contributed by atoms with E-state index in [9.17, 15) is 14.4 Å². The van der Waals surface area contributed by atoms with Crippen molar-refractivity contribution in [1.29, 1.82) is 0 Å². The van der Waals surface area contributed by atoms with Gasteiger partial charge in [0.25, 0.3) is 0 Å². The lowest BCUT2D eigenvalue weighted by Gasteiger charge is -2.30. The van der Waals surface area contributed by atoms with Crippen LogP contribution in [0, 0.1) is 5.92 Å². The van der Waals surface area contributed by atoms with Crippen molar-refractivity contribution in [3.05, 3.63) is 30.0 Å². The number of aromatic nitrogens is 1. The lowest BCUT2D eigenvalue weighted by atomic mass is 9.98. The Morgan fingerprint density at radius 2 is 2.07 bits per heavy atom. The third kappa shape index (κ3) is 4.33. The second kappa shape index (κ2) is 8.88. The number of ether oxygens (including phenoxy) is 2. The van der Waals surface area contributed by atoms with Crippen LogP contribution in [0.3, 0.4) is 0 Å². The van der Waals surface area contributed by atoms with Crippen LogP contribution in [0.2, 0.25) is 0 Å². The van der Waals surface area contributed by atoms with Crippen LogP contribution in [-0.2, 0) is 19.1 Å². The molecule has 8 nitrogen and oxygen atoms in total. The number of hydrogen-bond acceptors (Lipinski definition) is 6. The zero-order chi connectivity index (χ0) is 20.1. The van der Waals surface area contributed by atoms with Gasteiger partial charge in [-0.3, -0.25) is 14.5 Å². The molecule has 1 saturated heterocycles. The van der Waals surface area contributed by atoms with Crippen molar-refractivity contribution in [3.63, 3.8) is 0 Å². The average molecular weight is 387 g/mol. The number of benzene rings is 1. The van der Waals surface area contributed by atoms with E-state index in [0.717, 1.165) is 30.3 Å². The summed E-state index contributed by atoms with van der Waals surface area (Å²) in [6, 6.07) is 7.33. The molecule has 1 aliphatic heterocycles. The number of rotatable bonds is 6. The van der Waals surface area contributed by atoms with E-state index in [-0.39, 0.29) is 30.0 Å². The van der Waals surface area contributed by atoms with Crippen molar-refractivity contribution in [1.82, 2.24) is 9.88 Å². The summed E-state index contributed by atoms with van der Waals surface area (Å²) in [5.41, 5.74) is 1.35. The molecule has 0 unspecified atom stereocenters. The molecule has 1 fully saturated rings. The minimum atomic E-state index is -0.549. The zero-order valence-electron chi connectivity index (χ0n) is 16.1. The first kappa shape index (κ1) is 19.9. The van der Waals surface area contributed by atoms with Crippen LogP contribution in [0.15, 0.2) is 24.3 Å². The Bertz CT molecular complexity index is 876. The topological polar surface area (TPSA) is 101 Å². The maximum atomic E-state index is 12.7. The number of esters is 2. The van der Waals surface area contributed by atoms with Gasteiger partial charge in [0, 0.05) is 17.4 Å². The van der Waals surface area contributed by atoms with Crippen molar-refractivity contribution >= 4 is 34.4 Å². The number of H-pyrrole nitrogens is 1. The van der Waals surface area contributed by atoms with Gasteiger partial charge in [0.1, 0.15) is 5.69 Å². The maximum Gasteiger partial charge on any atom is 0.356 e. The largest absolute Gasteiger partial charge is 0.466 e. The number of amides is 1. The normalized spacial score (nSPS) is 17.3. The van der Waals surface area contributed by atoms with Crippen molar-refractivity contribution < 1.29 is 23.9 Å². The van der Waals surface area contributed by atoms with E-state index in [2.05, 4.69) is 10.3 Å². The number of nitrogens with one attached hydrogen (secondary N) is 2. The van der Waals surface area contributed by atoms with Gasteiger partial charge in [0.05, 0.1) is 31.9 Å². The first-order valence-corrected chi connectivity index (χ1v) is 9.41. The van der Waals surface area contributed by atoms with Crippen LogP contribution in [-0.4, -0.2) is 61.1 Å². The highest BCUT2D eigenvalue weighted by Gasteiger charge is 2.28. The number of anilines is 1. The van der Waals surface area contributed by atoms with E-state index in [1.54, 1.807) is 6.92 Å². The van der Waals surface area contributed by atoms with E-state index in [1.165, 1.54) is 7.11 Å². The lowest BCUT2D eigenvalue weighted by molar-refractivity contribution is -0.150.